The van der Waals surface area contributed by atoms with Gasteiger partial charge in [0.15, 0.2) is 11.5 Å². The van der Waals surface area contributed by atoms with E-state index in [0.717, 1.165) is 0 Å². The molecule has 17 heavy (non-hydrogen) atoms. The van der Waals surface area contributed by atoms with Gasteiger partial charge in [-0.2, -0.15) is 0 Å². The number of nitrogens with zero attached hydrogens (tertiary/aromatic N) is 2. The Morgan fingerprint density at radius 2 is 2.18 bits per heavy atom. The third kappa shape index (κ3) is 2.56. The maximum atomic E-state index is 11.7. The summed E-state index contributed by atoms with van der Waals surface area (Å²) in [7, 11) is 0. The van der Waals surface area contributed by atoms with Gasteiger partial charge in [0.05, 0.1) is 12.5 Å². The van der Waals surface area contributed by atoms with Crippen molar-refractivity contribution in [2.75, 3.05) is 18.5 Å². The summed E-state index contributed by atoms with van der Waals surface area (Å²) in [5.41, 5.74) is -0.264. The molecule has 1 aliphatic heterocycles. The van der Waals surface area contributed by atoms with Crippen LogP contribution in [0.1, 0.15) is 16.9 Å². The highest BCUT2D eigenvalue weighted by molar-refractivity contribution is 5.98. The second-order valence-electron chi connectivity index (χ2n) is 3.61. The molecule has 0 spiro atoms. The van der Waals surface area contributed by atoms with E-state index in [1.165, 1.54) is 12.4 Å². The van der Waals surface area contributed by atoms with Crippen LogP contribution in [0.3, 0.4) is 0 Å². The van der Waals surface area contributed by atoms with Crippen LogP contribution in [-0.2, 0) is 9.53 Å². The highest BCUT2D eigenvalue weighted by Gasteiger charge is 2.25. The lowest BCUT2D eigenvalue weighted by Crippen LogP contribution is -2.25. The molecule has 0 aliphatic carbocycles. The number of rotatable bonds is 3. The molecular formula is C10H11N3O4. The Hall–Kier alpha value is -2.02. The molecule has 0 aromatic carbocycles. The van der Waals surface area contributed by atoms with Crippen LogP contribution in [-0.4, -0.2) is 40.2 Å². The van der Waals surface area contributed by atoms with Gasteiger partial charge in [-0.05, 0) is 6.42 Å². The van der Waals surface area contributed by atoms with Crippen LogP contribution in [0, 0.1) is 5.92 Å². The molecule has 0 radical (unpaired) electrons. The number of carbonyl (C=O) groups excluding carboxylic acids is 1. The lowest BCUT2D eigenvalue weighted by atomic mass is 10.1. The number of hydrogen-bond acceptors (Lipinski definition) is 5. The standard InChI is InChI=1S/C10H11N3O4/c14-9(6-1-4-17-5-6)13-8-7(10(15)16)11-2-3-12-8/h2-3,6H,1,4-5H2,(H,15,16)(H,12,13,14). The summed E-state index contributed by atoms with van der Waals surface area (Å²) in [5, 5.41) is 11.3. The van der Waals surface area contributed by atoms with Gasteiger partial charge >= 0.3 is 5.97 Å². The van der Waals surface area contributed by atoms with Crippen molar-refractivity contribution >= 4 is 17.7 Å². The Kier molecular flexibility index (Phi) is 3.29. The van der Waals surface area contributed by atoms with Gasteiger partial charge in [0, 0.05) is 19.0 Å². The van der Waals surface area contributed by atoms with Crippen LogP contribution >= 0.6 is 0 Å². The monoisotopic (exact) mass is 237 g/mol. The molecule has 1 aromatic heterocycles. The fourth-order valence-corrected chi connectivity index (χ4v) is 1.55. The predicted molar refractivity (Wildman–Crippen MR) is 56.5 cm³/mol. The van der Waals surface area contributed by atoms with Gasteiger partial charge in [-0.1, -0.05) is 0 Å². The summed E-state index contributed by atoms with van der Waals surface area (Å²) in [6.07, 6.45) is 3.22. The van der Waals surface area contributed by atoms with Crippen molar-refractivity contribution in [3.8, 4) is 0 Å². The summed E-state index contributed by atoms with van der Waals surface area (Å²) in [6, 6.07) is 0. The van der Waals surface area contributed by atoms with E-state index in [1.807, 2.05) is 0 Å². The first-order chi connectivity index (χ1) is 8.18. The van der Waals surface area contributed by atoms with E-state index < -0.39 is 5.97 Å². The molecule has 0 saturated carbocycles. The van der Waals surface area contributed by atoms with Crippen LogP contribution < -0.4 is 5.32 Å². The number of nitrogens with one attached hydrogen (secondary N) is 1. The smallest absolute Gasteiger partial charge is 0.358 e. The molecule has 2 N–H and O–H groups in total. The van der Waals surface area contributed by atoms with E-state index in [2.05, 4.69) is 15.3 Å². The number of carbonyl (C=O) groups is 2. The Morgan fingerprint density at radius 1 is 1.41 bits per heavy atom. The van der Waals surface area contributed by atoms with E-state index in [4.69, 9.17) is 9.84 Å². The van der Waals surface area contributed by atoms with Gasteiger partial charge in [0.1, 0.15) is 0 Å². The minimum Gasteiger partial charge on any atom is -0.476 e. The molecule has 90 valence electrons. The van der Waals surface area contributed by atoms with Crippen molar-refractivity contribution < 1.29 is 19.4 Å². The summed E-state index contributed by atoms with van der Waals surface area (Å²) in [6.45, 7) is 0.902. The molecule has 7 heteroatoms. The van der Waals surface area contributed by atoms with E-state index in [1.54, 1.807) is 0 Å². The molecule has 2 heterocycles. The largest absolute Gasteiger partial charge is 0.476 e. The third-order valence-corrected chi connectivity index (χ3v) is 2.44. The molecule has 1 saturated heterocycles. The maximum absolute atomic E-state index is 11.7. The number of aromatic carboxylic acids is 1. The Balaban J connectivity index is 2.12. The predicted octanol–water partition coefficient (Wildman–Crippen LogP) is 0.150. The van der Waals surface area contributed by atoms with Crippen molar-refractivity contribution in [3.05, 3.63) is 18.1 Å². The summed E-state index contributed by atoms with van der Waals surface area (Å²) in [5.74, 6) is -1.79. The summed E-state index contributed by atoms with van der Waals surface area (Å²) < 4.78 is 5.08. The molecule has 2 rings (SSSR count). The average molecular weight is 237 g/mol. The van der Waals surface area contributed by atoms with Gasteiger partial charge in [0.2, 0.25) is 5.91 Å². The van der Waals surface area contributed by atoms with Crippen LogP contribution in [0.2, 0.25) is 0 Å². The van der Waals surface area contributed by atoms with Crippen molar-refractivity contribution in [2.24, 2.45) is 5.92 Å². The van der Waals surface area contributed by atoms with Crippen molar-refractivity contribution in [3.63, 3.8) is 0 Å². The molecular weight excluding hydrogens is 226 g/mol. The number of anilines is 1. The lowest BCUT2D eigenvalue weighted by Gasteiger charge is -2.09. The quantitative estimate of drug-likeness (QED) is 0.775. The first-order valence-corrected chi connectivity index (χ1v) is 5.11. The van der Waals surface area contributed by atoms with E-state index in [-0.39, 0.29) is 23.3 Å². The van der Waals surface area contributed by atoms with Crippen LogP contribution in [0.15, 0.2) is 12.4 Å². The molecule has 0 bridgehead atoms. The van der Waals surface area contributed by atoms with Crippen LogP contribution in [0.25, 0.3) is 0 Å². The topological polar surface area (TPSA) is 101 Å². The maximum Gasteiger partial charge on any atom is 0.358 e. The van der Waals surface area contributed by atoms with Crippen LogP contribution in [0.4, 0.5) is 5.82 Å². The van der Waals surface area contributed by atoms with Gasteiger partial charge < -0.3 is 15.2 Å². The number of carboxylic acid groups (broad SMARTS) is 1. The van der Waals surface area contributed by atoms with E-state index >= 15 is 0 Å². The zero-order chi connectivity index (χ0) is 12.3. The Labute approximate surface area is 96.8 Å². The van der Waals surface area contributed by atoms with Gasteiger partial charge in [-0.25, -0.2) is 14.8 Å². The second-order valence-corrected chi connectivity index (χ2v) is 3.61. The zero-order valence-electron chi connectivity index (χ0n) is 8.92. The molecule has 1 aliphatic rings. The third-order valence-electron chi connectivity index (χ3n) is 2.44. The summed E-state index contributed by atoms with van der Waals surface area (Å²) >= 11 is 0. The first kappa shape index (κ1) is 11.5. The minimum absolute atomic E-state index is 0.0306. The number of aromatic nitrogens is 2. The van der Waals surface area contributed by atoms with Crippen molar-refractivity contribution in [1.82, 2.24) is 9.97 Å². The molecule has 1 unspecified atom stereocenters. The van der Waals surface area contributed by atoms with Gasteiger partial charge in [-0.15, -0.1) is 0 Å². The summed E-state index contributed by atoms with van der Waals surface area (Å²) in [4.78, 5) is 30.0. The van der Waals surface area contributed by atoms with Crippen molar-refractivity contribution in [2.45, 2.75) is 6.42 Å². The fourth-order valence-electron chi connectivity index (χ4n) is 1.55. The normalized spacial score (nSPS) is 18.9. The van der Waals surface area contributed by atoms with E-state index in [9.17, 15) is 9.59 Å². The first-order valence-electron chi connectivity index (χ1n) is 5.11. The molecule has 1 fully saturated rings. The average Bonchev–Trinajstić information content (AvgIpc) is 2.83. The molecule has 7 nitrogen and oxygen atoms in total. The SMILES string of the molecule is O=C(O)c1nccnc1NC(=O)C1CCOC1. The van der Waals surface area contributed by atoms with Crippen molar-refractivity contribution in [1.29, 1.82) is 0 Å². The number of ether oxygens (including phenoxy) is 1. The Bertz CT molecular complexity index is 443. The molecule has 1 atom stereocenters. The van der Waals surface area contributed by atoms with E-state index in [0.29, 0.717) is 19.6 Å². The minimum atomic E-state index is -1.23. The Morgan fingerprint density at radius 3 is 2.82 bits per heavy atom. The van der Waals surface area contributed by atoms with Gasteiger partial charge in [-0.3, -0.25) is 4.79 Å². The lowest BCUT2D eigenvalue weighted by molar-refractivity contribution is -0.119. The van der Waals surface area contributed by atoms with Gasteiger partial charge in [0.25, 0.3) is 0 Å². The fraction of sp³-hybridized carbons (Fsp3) is 0.400. The second kappa shape index (κ2) is 4.88. The number of carboxylic acids is 1. The number of amides is 1. The molecule has 1 amide bonds. The van der Waals surface area contributed by atoms with Crippen LogP contribution in [0.5, 0.6) is 0 Å². The zero-order valence-corrected chi connectivity index (χ0v) is 8.92. The highest BCUT2D eigenvalue weighted by Crippen LogP contribution is 2.16. The molecule has 1 aromatic rings. The highest BCUT2D eigenvalue weighted by atomic mass is 16.5. The number of hydrogen-bond donors (Lipinski definition) is 2.